The van der Waals surface area contributed by atoms with Crippen LogP contribution >= 0.6 is 0 Å². The van der Waals surface area contributed by atoms with Gasteiger partial charge in [0.2, 0.25) is 11.7 Å². The van der Waals surface area contributed by atoms with Gasteiger partial charge < -0.3 is 24.8 Å². The highest BCUT2D eigenvalue weighted by molar-refractivity contribution is 6.09. The smallest absolute Gasteiger partial charge is 0.266 e. The molecule has 0 heterocycles. The summed E-state index contributed by atoms with van der Waals surface area (Å²) in [4.78, 5) is 23.5. The fraction of sp³-hybridized carbons (Fsp3) is 0.190. The molecule has 0 aliphatic carbocycles. The van der Waals surface area contributed by atoms with Crippen molar-refractivity contribution in [2.75, 3.05) is 32.0 Å². The first-order valence-electron chi connectivity index (χ1n) is 8.52. The van der Waals surface area contributed by atoms with Crippen LogP contribution in [-0.4, -0.2) is 33.1 Å². The van der Waals surface area contributed by atoms with Crippen LogP contribution in [0.1, 0.15) is 12.5 Å². The van der Waals surface area contributed by atoms with Crippen LogP contribution in [0.5, 0.6) is 17.2 Å². The summed E-state index contributed by atoms with van der Waals surface area (Å²) in [5.41, 5.74) is 1.51. The standard InChI is InChI=1S/C21H21N3O5/c1-13(25)23-16-5-7-17(8-6-16)24-21(26)15(12-22)9-14-10-18(27-2)20(29-4)19(11-14)28-3/h5-11H,1-4H3,(H,23,25)(H,24,26). The normalized spacial score (nSPS) is 10.5. The summed E-state index contributed by atoms with van der Waals surface area (Å²) < 4.78 is 15.8. The second kappa shape index (κ2) is 9.80. The predicted molar refractivity (Wildman–Crippen MR) is 109 cm³/mol. The molecule has 2 amide bonds. The van der Waals surface area contributed by atoms with Crippen LogP contribution in [0.15, 0.2) is 42.0 Å². The minimum Gasteiger partial charge on any atom is -0.493 e. The molecule has 2 aromatic rings. The molecule has 0 aliphatic heterocycles. The molecule has 0 spiro atoms. The molecule has 8 nitrogen and oxygen atoms in total. The van der Waals surface area contributed by atoms with E-state index >= 15 is 0 Å². The first-order valence-corrected chi connectivity index (χ1v) is 8.52. The van der Waals surface area contributed by atoms with E-state index in [0.29, 0.717) is 34.2 Å². The molecule has 0 radical (unpaired) electrons. The maximum absolute atomic E-state index is 12.5. The number of nitrogens with zero attached hydrogens (tertiary/aromatic N) is 1. The molecule has 2 aromatic carbocycles. The number of carbonyl (C=O) groups is 2. The van der Waals surface area contributed by atoms with Gasteiger partial charge in [-0.05, 0) is 48.0 Å². The number of carbonyl (C=O) groups excluding carboxylic acids is 2. The molecule has 29 heavy (non-hydrogen) atoms. The lowest BCUT2D eigenvalue weighted by atomic mass is 10.1. The van der Waals surface area contributed by atoms with Crippen LogP contribution in [0.4, 0.5) is 11.4 Å². The first-order chi connectivity index (χ1) is 13.9. The van der Waals surface area contributed by atoms with Crippen molar-refractivity contribution in [1.29, 1.82) is 5.26 Å². The summed E-state index contributed by atoms with van der Waals surface area (Å²) in [6.07, 6.45) is 1.42. The van der Waals surface area contributed by atoms with Crippen molar-refractivity contribution in [3.63, 3.8) is 0 Å². The molecule has 0 unspecified atom stereocenters. The van der Waals surface area contributed by atoms with Crippen molar-refractivity contribution >= 4 is 29.3 Å². The molecule has 2 rings (SSSR count). The molecule has 0 aromatic heterocycles. The molecular formula is C21H21N3O5. The minimum absolute atomic E-state index is 0.106. The zero-order chi connectivity index (χ0) is 21.4. The Morgan fingerprint density at radius 3 is 1.86 bits per heavy atom. The third-order valence-corrected chi connectivity index (χ3v) is 3.83. The van der Waals surface area contributed by atoms with Crippen LogP contribution in [0.25, 0.3) is 6.08 Å². The van der Waals surface area contributed by atoms with Crippen LogP contribution in [0, 0.1) is 11.3 Å². The van der Waals surface area contributed by atoms with Gasteiger partial charge in [-0.1, -0.05) is 0 Å². The summed E-state index contributed by atoms with van der Waals surface area (Å²) in [6.45, 7) is 1.41. The van der Waals surface area contributed by atoms with Gasteiger partial charge in [-0.15, -0.1) is 0 Å². The number of methoxy groups -OCH3 is 3. The highest BCUT2D eigenvalue weighted by Gasteiger charge is 2.15. The number of hydrogen-bond acceptors (Lipinski definition) is 6. The summed E-state index contributed by atoms with van der Waals surface area (Å²) in [7, 11) is 4.45. The molecule has 0 aliphatic rings. The molecule has 8 heteroatoms. The van der Waals surface area contributed by atoms with Gasteiger partial charge in [0.15, 0.2) is 11.5 Å². The molecule has 0 bridgehead atoms. The van der Waals surface area contributed by atoms with E-state index in [1.54, 1.807) is 36.4 Å². The van der Waals surface area contributed by atoms with Crippen LogP contribution in [-0.2, 0) is 9.59 Å². The third kappa shape index (κ3) is 5.49. The van der Waals surface area contributed by atoms with E-state index in [1.807, 2.05) is 6.07 Å². The monoisotopic (exact) mass is 395 g/mol. The van der Waals surface area contributed by atoms with Crippen molar-refractivity contribution in [3.8, 4) is 23.3 Å². The summed E-state index contributed by atoms with van der Waals surface area (Å²) >= 11 is 0. The topological polar surface area (TPSA) is 110 Å². The zero-order valence-corrected chi connectivity index (χ0v) is 16.5. The van der Waals surface area contributed by atoms with Gasteiger partial charge in [0.1, 0.15) is 11.6 Å². The number of rotatable bonds is 7. The van der Waals surface area contributed by atoms with E-state index in [0.717, 1.165) is 0 Å². The SMILES string of the molecule is COc1cc(C=C(C#N)C(=O)Nc2ccc(NC(C)=O)cc2)cc(OC)c1OC. The third-order valence-electron chi connectivity index (χ3n) is 3.83. The van der Waals surface area contributed by atoms with Crippen molar-refractivity contribution in [3.05, 3.63) is 47.5 Å². The fourth-order valence-electron chi connectivity index (χ4n) is 2.54. The Labute approximate surface area is 168 Å². The Balaban J connectivity index is 2.26. The van der Waals surface area contributed by atoms with Crippen molar-refractivity contribution in [2.24, 2.45) is 0 Å². The highest BCUT2D eigenvalue weighted by Crippen LogP contribution is 2.38. The Morgan fingerprint density at radius 2 is 1.45 bits per heavy atom. The van der Waals surface area contributed by atoms with E-state index in [1.165, 1.54) is 34.3 Å². The molecule has 0 atom stereocenters. The summed E-state index contributed by atoms with van der Waals surface area (Å²) in [5, 5.41) is 14.7. The van der Waals surface area contributed by atoms with Gasteiger partial charge in [0.05, 0.1) is 21.3 Å². The van der Waals surface area contributed by atoms with Gasteiger partial charge in [0.25, 0.3) is 5.91 Å². The summed E-state index contributed by atoms with van der Waals surface area (Å²) in [6, 6.07) is 11.7. The Hall–Kier alpha value is -3.99. The Morgan fingerprint density at radius 1 is 0.931 bits per heavy atom. The van der Waals surface area contributed by atoms with Gasteiger partial charge >= 0.3 is 0 Å². The minimum atomic E-state index is -0.575. The number of ether oxygens (including phenoxy) is 3. The summed E-state index contributed by atoms with van der Waals surface area (Å²) in [5.74, 6) is 0.457. The lowest BCUT2D eigenvalue weighted by Crippen LogP contribution is -2.13. The van der Waals surface area contributed by atoms with E-state index in [4.69, 9.17) is 14.2 Å². The van der Waals surface area contributed by atoms with Crippen LogP contribution < -0.4 is 24.8 Å². The number of hydrogen-bond donors (Lipinski definition) is 2. The lowest BCUT2D eigenvalue weighted by molar-refractivity contribution is -0.114. The second-order valence-corrected chi connectivity index (χ2v) is 5.84. The molecule has 0 saturated heterocycles. The number of amides is 2. The van der Waals surface area contributed by atoms with E-state index in [-0.39, 0.29) is 11.5 Å². The average Bonchev–Trinajstić information content (AvgIpc) is 2.71. The van der Waals surface area contributed by atoms with Crippen LogP contribution in [0.2, 0.25) is 0 Å². The number of benzene rings is 2. The van der Waals surface area contributed by atoms with Gasteiger partial charge in [-0.2, -0.15) is 5.26 Å². The molecule has 2 N–H and O–H groups in total. The second-order valence-electron chi connectivity index (χ2n) is 5.84. The van der Waals surface area contributed by atoms with Gasteiger partial charge in [-0.3, -0.25) is 9.59 Å². The lowest BCUT2D eigenvalue weighted by Gasteiger charge is -2.13. The van der Waals surface area contributed by atoms with Crippen molar-refractivity contribution in [2.45, 2.75) is 6.92 Å². The van der Waals surface area contributed by atoms with Crippen LogP contribution in [0.3, 0.4) is 0 Å². The fourth-order valence-corrected chi connectivity index (χ4v) is 2.54. The van der Waals surface area contributed by atoms with Gasteiger partial charge in [0, 0.05) is 18.3 Å². The van der Waals surface area contributed by atoms with Crippen molar-refractivity contribution in [1.82, 2.24) is 0 Å². The number of anilines is 2. The first kappa shape index (κ1) is 21.3. The van der Waals surface area contributed by atoms with Crippen molar-refractivity contribution < 1.29 is 23.8 Å². The largest absolute Gasteiger partial charge is 0.493 e. The van der Waals surface area contributed by atoms with Gasteiger partial charge in [-0.25, -0.2) is 0 Å². The molecule has 0 saturated carbocycles. The van der Waals surface area contributed by atoms with E-state index < -0.39 is 5.91 Å². The van der Waals surface area contributed by atoms with E-state index in [2.05, 4.69) is 10.6 Å². The molecular weight excluding hydrogens is 374 g/mol. The average molecular weight is 395 g/mol. The Kier molecular flexibility index (Phi) is 7.20. The highest BCUT2D eigenvalue weighted by atomic mass is 16.5. The predicted octanol–water partition coefficient (Wildman–Crippen LogP) is 3.22. The quantitative estimate of drug-likeness (QED) is 0.550. The molecule has 150 valence electrons. The van der Waals surface area contributed by atoms with E-state index in [9.17, 15) is 14.9 Å². The number of nitrogens with one attached hydrogen (secondary N) is 2. The zero-order valence-electron chi connectivity index (χ0n) is 16.5. The maximum Gasteiger partial charge on any atom is 0.266 e. The molecule has 0 fully saturated rings. The number of nitriles is 1. The Bertz CT molecular complexity index is 950. The maximum atomic E-state index is 12.5.